The summed E-state index contributed by atoms with van der Waals surface area (Å²) >= 11 is 11.8. The molecule has 0 fully saturated rings. The summed E-state index contributed by atoms with van der Waals surface area (Å²) in [6.45, 7) is 1.88. The second kappa shape index (κ2) is 7.87. The normalized spacial score (nSPS) is 10.9. The average molecular weight is 361 g/mol. The minimum absolute atomic E-state index is 0.0365. The zero-order chi connectivity index (χ0) is 17.7. The lowest BCUT2D eigenvalue weighted by Crippen LogP contribution is -2.13. The summed E-state index contributed by atoms with van der Waals surface area (Å²) in [6.07, 6.45) is 1.51. The van der Waals surface area contributed by atoms with Gasteiger partial charge in [0.05, 0.1) is 17.8 Å². The van der Waals surface area contributed by atoms with E-state index in [-0.39, 0.29) is 5.57 Å². The van der Waals surface area contributed by atoms with Crippen molar-refractivity contribution >= 4 is 40.9 Å². The van der Waals surface area contributed by atoms with E-state index in [0.717, 1.165) is 16.9 Å². The molecule has 0 spiro atoms. The summed E-state index contributed by atoms with van der Waals surface area (Å²) in [6, 6.07) is 12.0. The lowest BCUT2D eigenvalue weighted by atomic mass is 10.1. The quantitative estimate of drug-likeness (QED) is 0.625. The van der Waals surface area contributed by atoms with Crippen LogP contribution in [0.25, 0.3) is 6.08 Å². The Hall–Kier alpha value is -2.48. The molecule has 0 bridgehead atoms. The Morgan fingerprint density at radius 3 is 2.58 bits per heavy atom. The third-order valence-electron chi connectivity index (χ3n) is 3.27. The smallest absolute Gasteiger partial charge is 0.266 e. The molecule has 2 aromatic carbocycles. The molecule has 0 aromatic heterocycles. The van der Waals surface area contributed by atoms with E-state index in [0.29, 0.717) is 15.7 Å². The van der Waals surface area contributed by atoms with Crippen LogP contribution < -0.4 is 10.1 Å². The van der Waals surface area contributed by atoms with E-state index < -0.39 is 5.91 Å². The maximum Gasteiger partial charge on any atom is 0.266 e. The number of nitrogens with one attached hydrogen (secondary N) is 1. The minimum Gasteiger partial charge on any atom is -0.496 e. The topological polar surface area (TPSA) is 62.1 Å². The Kier molecular flexibility index (Phi) is 5.86. The maximum atomic E-state index is 12.3. The van der Waals surface area contributed by atoms with Crippen LogP contribution in [-0.2, 0) is 4.79 Å². The molecule has 0 saturated carbocycles. The number of benzene rings is 2. The van der Waals surface area contributed by atoms with Crippen LogP contribution in [0.5, 0.6) is 5.75 Å². The van der Waals surface area contributed by atoms with Gasteiger partial charge in [0.1, 0.15) is 17.4 Å². The van der Waals surface area contributed by atoms with Gasteiger partial charge >= 0.3 is 0 Å². The van der Waals surface area contributed by atoms with E-state index in [2.05, 4.69) is 5.32 Å². The van der Waals surface area contributed by atoms with Crippen molar-refractivity contribution in [3.05, 3.63) is 63.1 Å². The molecule has 0 aliphatic rings. The molecule has 1 N–H and O–H groups in total. The van der Waals surface area contributed by atoms with E-state index in [1.165, 1.54) is 12.1 Å². The summed E-state index contributed by atoms with van der Waals surface area (Å²) in [5, 5.41) is 12.6. The first-order valence-corrected chi connectivity index (χ1v) is 7.73. The molecule has 0 heterocycles. The van der Waals surface area contributed by atoms with Gasteiger partial charge in [-0.15, -0.1) is 0 Å². The molecule has 24 heavy (non-hydrogen) atoms. The fourth-order valence-corrected chi connectivity index (χ4v) is 2.54. The third kappa shape index (κ3) is 4.29. The van der Waals surface area contributed by atoms with Gasteiger partial charge in [0.2, 0.25) is 0 Å². The largest absolute Gasteiger partial charge is 0.496 e. The van der Waals surface area contributed by atoms with Crippen LogP contribution in [-0.4, -0.2) is 13.0 Å². The number of hydrogen-bond donors (Lipinski definition) is 1. The number of hydrogen-bond acceptors (Lipinski definition) is 3. The predicted molar refractivity (Wildman–Crippen MR) is 96.4 cm³/mol. The molecule has 2 aromatic rings. The Morgan fingerprint density at radius 2 is 2.00 bits per heavy atom. The molecular weight excluding hydrogens is 347 g/mol. The predicted octanol–water partition coefficient (Wildman–Crippen LogP) is 4.86. The number of nitrogens with zero attached hydrogens (tertiary/aromatic N) is 1. The van der Waals surface area contributed by atoms with E-state index in [4.69, 9.17) is 27.9 Å². The van der Waals surface area contributed by atoms with E-state index in [1.54, 1.807) is 31.4 Å². The number of methoxy groups -OCH3 is 1. The van der Waals surface area contributed by atoms with Crippen LogP contribution in [0.3, 0.4) is 0 Å². The molecule has 6 heteroatoms. The Labute approximate surface area is 150 Å². The van der Waals surface area contributed by atoms with Gasteiger partial charge in [-0.25, -0.2) is 0 Å². The summed E-state index contributed by atoms with van der Waals surface area (Å²) in [7, 11) is 1.59. The Morgan fingerprint density at radius 1 is 1.25 bits per heavy atom. The molecule has 0 aliphatic heterocycles. The first-order chi connectivity index (χ1) is 11.4. The minimum atomic E-state index is -0.546. The van der Waals surface area contributed by atoms with Crippen LogP contribution in [0.4, 0.5) is 5.69 Å². The number of amides is 1. The first kappa shape index (κ1) is 17.9. The lowest BCUT2D eigenvalue weighted by molar-refractivity contribution is -0.112. The number of rotatable bonds is 4. The second-order valence-corrected chi connectivity index (χ2v) is 5.82. The second-order valence-electron chi connectivity index (χ2n) is 4.98. The summed E-state index contributed by atoms with van der Waals surface area (Å²) in [4.78, 5) is 12.3. The monoisotopic (exact) mass is 360 g/mol. The van der Waals surface area contributed by atoms with Crippen LogP contribution >= 0.6 is 23.2 Å². The SMILES string of the molecule is COc1ccc(/C=C(\C#N)C(=O)Nc2ccc(Cl)cc2Cl)cc1C. The first-order valence-electron chi connectivity index (χ1n) is 6.97. The van der Waals surface area contributed by atoms with E-state index in [9.17, 15) is 10.1 Å². The Bertz CT molecular complexity index is 855. The van der Waals surface area contributed by atoms with Crippen LogP contribution in [0.15, 0.2) is 42.0 Å². The van der Waals surface area contributed by atoms with Gasteiger partial charge in [-0.2, -0.15) is 5.26 Å². The van der Waals surface area contributed by atoms with Crippen LogP contribution in [0, 0.1) is 18.3 Å². The molecule has 1 amide bonds. The number of ether oxygens (including phenoxy) is 1. The average Bonchev–Trinajstić information content (AvgIpc) is 2.55. The molecule has 0 aliphatic carbocycles. The number of carbonyl (C=O) groups is 1. The molecular formula is C18H14Cl2N2O2. The number of aryl methyl sites for hydroxylation is 1. The van der Waals surface area contributed by atoms with Gasteiger partial charge in [0.25, 0.3) is 5.91 Å². The van der Waals surface area contributed by atoms with Crippen molar-refractivity contribution in [3.8, 4) is 11.8 Å². The highest BCUT2D eigenvalue weighted by atomic mass is 35.5. The highest BCUT2D eigenvalue weighted by Gasteiger charge is 2.12. The van der Waals surface area contributed by atoms with Crippen molar-refractivity contribution in [1.29, 1.82) is 5.26 Å². The number of carbonyl (C=O) groups excluding carboxylic acids is 1. The molecule has 122 valence electrons. The third-order valence-corrected chi connectivity index (χ3v) is 3.82. The molecule has 2 rings (SSSR count). The summed E-state index contributed by atoms with van der Waals surface area (Å²) < 4.78 is 5.19. The van der Waals surface area contributed by atoms with Gasteiger partial charge in [0.15, 0.2) is 0 Å². The summed E-state index contributed by atoms with van der Waals surface area (Å²) in [5.41, 5.74) is 1.98. The van der Waals surface area contributed by atoms with Crippen molar-refractivity contribution in [2.75, 3.05) is 12.4 Å². The lowest BCUT2D eigenvalue weighted by Gasteiger charge is -2.08. The number of anilines is 1. The zero-order valence-electron chi connectivity index (χ0n) is 13.1. The van der Waals surface area contributed by atoms with Gasteiger partial charge in [-0.3, -0.25) is 4.79 Å². The number of nitriles is 1. The number of halogens is 2. The highest BCUT2D eigenvalue weighted by Crippen LogP contribution is 2.26. The molecule has 0 unspecified atom stereocenters. The molecule has 0 saturated heterocycles. The van der Waals surface area contributed by atoms with Crippen molar-refractivity contribution < 1.29 is 9.53 Å². The standard InChI is InChI=1S/C18H14Cl2N2O2/c1-11-7-12(3-6-17(11)24-2)8-13(10-21)18(23)22-16-5-4-14(19)9-15(16)20/h3-9H,1-2H3,(H,22,23)/b13-8+. The van der Waals surface area contributed by atoms with Crippen molar-refractivity contribution in [2.24, 2.45) is 0 Å². The molecule has 4 nitrogen and oxygen atoms in total. The zero-order valence-corrected chi connectivity index (χ0v) is 14.6. The van der Waals surface area contributed by atoms with Crippen LogP contribution in [0.2, 0.25) is 10.0 Å². The highest BCUT2D eigenvalue weighted by molar-refractivity contribution is 6.36. The fraction of sp³-hybridized carbons (Fsp3) is 0.111. The van der Waals surface area contributed by atoms with Gasteiger partial charge in [0, 0.05) is 5.02 Å². The van der Waals surface area contributed by atoms with Crippen molar-refractivity contribution in [3.63, 3.8) is 0 Å². The van der Waals surface area contributed by atoms with Crippen molar-refractivity contribution in [1.82, 2.24) is 0 Å². The molecule has 0 atom stereocenters. The van der Waals surface area contributed by atoms with E-state index >= 15 is 0 Å². The van der Waals surface area contributed by atoms with Gasteiger partial charge in [-0.05, 0) is 54.5 Å². The van der Waals surface area contributed by atoms with E-state index in [1.807, 2.05) is 19.1 Å². The Balaban J connectivity index is 2.25. The van der Waals surface area contributed by atoms with Gasteiger partial charge in [-0.1, -0.05) is 29.3 Å². The fourth-order valence-electron chi connectivity index (χ4n) is 2.09. The van der Waals surface area contributed by atoms with Gasteiger partial charge < -0.3 is 10.1 Å². The summed E-state index contributed by atoms with van der Waals surface area (Å²) in [5.74, 6) is 0.193. The van der Waals surface area contributed by atoms with Crippen molar-refractivity contribution in [2.45, 2.75) is 6.92 Å². The maximum absolute atomic E-state index is 12.3. The molecule has 0 radical (unpaired) electrons. The van der Waals surface area contributed by atoms with Crippen LogP contribution in [0.1, 0.15) is 11.1 Å².